The molecular formula is C13H25N. The summed E-state index contributed by atoms with van der Waals surface area (Å²) in [5.74, 6) is 1.83. The lowest BCUT2D eigenvalue weighted by Gasteiger charge is -2.48. The molecule has 1 saturated heterocycles. The highest BCUT2D eigenvalue weighted by Crippen LogP contribution is 2.49. The van der Waals surface area contributed by atoms with Gasteiger partial charge in [0.1, 0.15) is 0 Å². The summed E-state index contributed by atoms with van der Waals surface area (Å²) in [7, 11) is 0. The van der Waals surface area contributed by atoms with Crippen LogP contribution < -0.4 is 0 Å². The highest BCUT2D eigenvalue weighted by Gasteiger charge is 2.50. The van der Waals surface area contributed by atoms with Crippen LogP contribution >= 0.6 is 0 Å². The first-order chi connectivity index (χ1) is 6.55. The zero-order chi connectivity index (χ0) is 10.3. The average molecular weight is 195 g/mol. The van der Waals surface area contributed by atoms with Gasteiger partial charge in [0.05, 0.1) is 0 Å². The van der Waals surface area contributed by atoms with Crippen molar-refractivity contribution in [1.29, 1.82) is 0 Å². The van der Waals surface area contributed by atoms with E-state index in [-0.39, 0.29) is 0 Å². The van der Waals surface area contributed by atoms with Crippen molar-refractivity contribution in [3.8, 4) is 0 Å². The summed E-state index contributed by atoms with van der Waals surface area (Å²) in [4.78, 5) is 2.79. The first kappa shape index (κ1) is 10.5. The number of rotatable bonds is 2. The third kappa shape index (κ3) is 1.50. The second kappa shape index (κ2) is 3.52. The van der Waals surface area contributed by atoms with Crippen molar-refractivity contribution in [1.82, 2.24) is 4.90 Å². The molecule has 0 radical (unpaired) electrons. The molecule has 1 heterocycles. The van der Waals surface area contributed by atoms with Gasteiger partial charge in [-0.25, -0.2) is 0 Å². The highest BCUT2D eigenvalue weighted by molar-refractivity contribution is 5.05. The van der Waals surface area contributed by atoms with E-state index in [0.29, 0.717) is 5.54 Å². The van der Waals surface area contributed by atoms with Crippen LogP contribution in [0.4, 0.5) is 0 Å². The first-order valence-corrected chi connectivity index (χ1v) is 6.32. The highest BCUT2D eigenvalue weighted by atomic mass is 15.3. The maximum Gasteiger partial charge on any atom is 0.0215 e. The predicted octanol–water partition coefficient (Wildman–Crippen LogP) is 3.30. The van der Waals surface area contributed by atoms with Crippen LogP contribution in [0, 0.1) is 11.8 Å². The van der Waals surface area contributed by atoms with Crippen LogP contribution in [0.5, 0.6) is 0 Å². The van der Waals surface area contributed by atoms with Gasteiger partial charge in [0, 0.05) is 18.1 Å². The fourth-order valence-corrected chi connectivity index (χ4v) is 3.40. The second-order valence-electron chi connectivity index (χ2n) is 6.03. The maximum absolute atomic E-state index is 2.79. The summed E-state index contributed by atoms with van der Waals surface area (Å²) in [5, 5.41) is 0. The van der Waals surface area contributed by atoms with E-state index in [0.717, 1.165) is 17.9 Å². The van der Waals surface area contributed by atoms with Gasteiger partial charge in [-0.15, -0.1) is 0 Å². The van der Waals surface area contributed by atoms with E-state index in [2.05, 4.69) is 32.6 Å². The molecule has 0 aromatic rings. The molecule has 0 aromatic carbocycles. The van der Waals surface area contributed by atoms with Crippen LogP contribution in [0.1, 0.15) is 53.4 Å². The molecular weight excluding hydrogens is 170 g/mol. The van der Waals surface area contributed by atoms with Crippen molar-refractivity contribution < 1.29 is 0 Å². The molecule has 1 heteroatoms. The molecule has 0 bridgehead atoms. The zero-order valence-electron chi connectivity index (χ0n) is 10.2. The maximum atomic E-state index is 2.79. The number of hydrogen-bond acceptors (Lipinski definition) is 1. The van der Waals surface area contributed by atoms with Gasteiger partial charge in [-0.05, 0) is 51.4 Å². The molecule has 82 valence electrons. The van der Waals surface area contributed by atoms with Crippen LogP contribution in [0.25, 0.3) is 0 Å². The van der Waals surface area contributed by atoms with E-state index in [4.69, 9.17) is 0 Å². The third-order valence-corrected chi connectivity index (χ3v) is 4.53. The Morgan fingerprint density at radius 2 is 1.79 bits per heavy atom. The van der Waals surface area contributed by atoms with Crippen LogP contribution in [-0.4, -0.2) is 23.0 Å². The first-order valence-electron chi connectivity index (χ1n) is 6.32. The van der Waals surface area contributed by atoms with Crippen molar-refractivity contribution in [2.24, 2.45) is 11.8 Å². The minimum atomic E-state index is 0.642. The van der Waals surface area contributed by atoms with Crippen LogP contribution in [0.15, 0.2) is 0 Å². The zero-order valence-corrected chi connectivity index (χ0v) is 10.2. The summed E-state index contributed by atoms with van der Waals surface area (Å²) >= 11 is 0. The summed E-state index contributed by atoms with van der Waals surface area (Å²) in [6.45, 7) is 10.9. The Balaban J connectivity index is 2.09. The molecule has 1 atom stereocenters. The van der Waals surface area contributed by atoms with Crippen LogP contribution in [0.2, 0.25) is 0 Å². The molecule has 0 aromatic heterocycles. The van der Waals surface area contributed by atoms with E-state index < -0.39 is 0 Å². The minimum Gasteiger partial charge on any atom is -0.295 e. The van der Waals surface area contributed by atoms with Crippen molar-refractivity contribution >= 4 is 0 Å². The predicted molar refractivity (Wildman–Crippen MR) is 61.4 cm³/mol. The van der Waals surface area contributed by atoms with Crippen LogP contribution in [-0.2, 0) is 0 Å². The SMILES string of the molecule is CC(C)C1CN(C(C)C)C2(CCC2)C1. The number of likely N-dealkylation sites (tertiary alicyclic amines) is 1. The normalized spacial score (nSPS) is 31.7. The topological polar surface area (TPSA) is 3.24 Å². The summed E-state index contributed by atoms with van der Waals surface area (Å²) in [6.07, 6.45) is 5.87. The van der Waals surface area contributed by atoms with E-state index in [9.17, 15) is 0 Å². The molecule has 1 aliphatic heterocycles. The fraction of sp³-hybridized carbons (Fsp3) is 1.00. The Morgan fingerprint density at radius 3 is 2.07 bits per heavy atom. The lowest BCUT2D eigenvalue weighted by Crippen LogP contribution is -2.52. The van der Waals surface area contributed by atoms with Gasteiger partial charge < -0.3 is 0 Å². The van der Waals surface area contributed by atoms with Crippen molar-refractivity contribution in [2.75, 3.05) is 6.54 Å². The molecule has 1 saturated carbocycles. The molecule has 1 nitrogen and oxygen atoms in total. The summed E-state index contributed by atoms with van der Waals surface area (Å²) in [5.41, 5.74) is 0.642. The lowest BCUT2D eigenvalue weighted by molar-refractivity contribution is 0.0315. The molecule has 0 amide bonds. The largest absolute Gasteiger partial charge is 0.295 e. The Labute approximate surface area is 88.9 Å². The molecule has 2 fully saturated rings. The van der Waals surface area contributed by atoms with Crippen molar-refractivity contribution in [3.63, 3.8) is 0 Å². The lowest BCUT2D eigenvalue weighted by atomic mass is 9.72. The van der Waals surface area contributed by atoms with E-state index in [1.54, 1.807) is 0 Å². The van der Waals surface area contributed by atoms with Gasteiger partial charge in [-0.1, -0.05) is 13.8 Å². The monoisotopic (exact) mass is 195 g/mol. The van der Waals surface area contributed by atoms with E-state index in [1.165, 1.54) is 32.2 Å². The Morgan fingerprint density at radius 1 is 1.14 bits per heavy atom. The number of hydrogen-bond donors (Lipinski definition) is 0. The van der Waals surface area contributed by atoms with Crippen molar-refractivity contribution in [3.05, 3.63) is 0 Å². The van der Waals surface area contributed by atoms with E-state index >= 15 is 0 Å². The van der Waals surface area contributed by atoms with Gasteiger partial charge in [0.15, 0.2) is 0 Å². The van der Waals surface area contributed by atoms with E-state index in [1.807, 2.05) is 0 Å². The molecule has 1 unspecified atom stereocenters. The summed E-state index contributed by atoms with van der Waals surface area (Å²) < 4.78 is 0. The minimum absolute atomic E-state index is 0.642. The average Bonchev–Trinajstić information content (AvgIpc) is 2.42. The summed E-state index contributed by atoms with van der Waals surface area (Å²) in [6, 6.07) is 0.749. The standard InChI is InChI=1S/C13H25N/c1-10(2)12-8-13(6-5-7-13)14(9-12)11(3)4/h10-12H,5-9H2,1-4H3. The van der Waals surface area contributed by atoms with Gasteiger partial charge in [-0.3, -0.25) is 4.90 Å². The number of nitrogens with zero attached hydrogens (tertiary/aromatic N) is 1. The molecule has 0 N–H and O–H groups in total. The molecule has 2 rings (SSSR count). The van der Waals surface area contributed by atoms with Gasteiger partial charge in [0.25, 0.3) is 0 Å². The molecule has 1 aliphatic carbocycles. The van der Waals surface area contributed by atoms with Gasteiger partial charge in [-0.2, -0.15) is 0 Å². The van der Waals surface area contributed by atoms with Gasteiger partial charge >= 0.3 is 0 Å². The van der Waals surface area contributed by atoms with Crippen molar-refractivity contribution in [2.45, 2.75) is 65.0 Å². The third-order valence-electron chi connectivity index (χ3n) is 4.53. The Hall–Kier alpha value is -0.0400. The molecule has 2 aliphatic rings. The second-order valence-corrected chi connectivity index (χ2v) is 6.03. The Bertz CT molecular complexity index is 203. The van der Waals surface area contributed by atoms with Gasteiger partial charge in [0.2, 0.25) is 0 Å². The van der Waals surface area contributed by atoms with Crippen LogP contribution in [0.3, 0.4) is 0 Å². The quantitative estimate of drug-likeness (QED) is 0.653. The Kier molecular flexibility index (Phi) is 2.63. The fourth-order valence-electron chi connectivity index (χ4n) is 3.40. The smallest absolute Gasteiger partial charge is 0.0215 e. The molecule has 1 spiro atoms. The molecule has 14 heavy (non-hydrogen) atoms.